The normalized spacial score (nSPS) is 18.1. The van der Waals surface area contributed by atoms with E-state index in [4.69, 9.17) is 11.6 Å². The van der Waals surface area contributed by atoms with Crippen molar-refractivity contribution in [3.63, 3.8) is 0 Å². The van der Waals surface area contributed by atoms with Gasteiger partial charge in [-0.15, -0.1) is 11.6 Å². The van der Waals surface area contributed by atoms with Crippen LogP contribution in [0.3, 0.4) is 0 Å². The minimum absolute atomic E-state index is 0.0581. The lowest BCUT2D eigenvalue weighted by atomic mass is 9.95. The van der Waals surface area contributed by atoms with Gasteiger partial charge >= 0.3 is 0 Å². The molecule has 1 atom stereocenters. The van der Waals surface area contributed by atoms with Gasteiger partial charge in [0.25, 0.3) is 0 Å². The molecular formula is C13H10BrClNO-. The summed E-state index contributed by atoms with van der Waals surface area (Å²) >= 11 is 9.53. The van der Waals surface area contributed by atoms with E-state index in [9.17, 15) is 5.11 Å². The third kappa shape index (κ3) is 1.60. The second kappa shape index (κ2) is 4.07. The number of fused-ring (bicyclic) bond motifs is 3. The van der Waals surface area contributed by atoms with Gasteiger partial charge in [0.1, 0.15) is 0 Å². The number of hydrogen-bond acceptors (Lipinski definition) is 2. The largest absolute Gasteiger partial charge is 0.872 e. The second-order valence-electron chi connectivity index (χ2n) is 4.23. The Bertz CT molecular complexity index is 599. The van der Waals surface area contributed by atoms with Crippen molar-refractivity contribution in [2.45, 2.75) is 5.92 Å². The molecule has 1 aliphatic rings. The number of halogens is 2. The average Bonchev–Trinajstić information content (AvgIpc) is 2.72. The van der Waals surface area contributed by atoms with Crippen molar-refractivity contribution in [2.24, 2.45) is 0 Å². The zero-order chi connectivity index (χ0) is 12.0. The van der Waals surface area contributed by atoms with Crippen LogP contribution in [0.5, 0.6) is 5.75 Å². The Labute approximate surface area is 113 Å². The molecule has 0 saturated heterocycles. The summed E-state index contributed by atoms with van der Waals surface area (Å²) in [5.74, 6) is 0.894. The maximum atomic E-state index is 12.0. The first-order chi connectivity index (χ1) is 8.22. The van der Waals surface area contributed by atoms with Crippen LogP contribution in [0.1, 0.15) is 11.5 Å². The molecule has 0 aromatic heterocycles. The van der Waals surface area contributed by atoms with Gasteiger partial charge in [0, 0.05) is 33.9 Å². The highest BCUT2D eigenvalue weighted by Gasteiger charge is 2.24. The molecule has 1 heterocycles. The van der Waals surface area contributed by atoms with E-state index in [2.05, 4.69) is 21.2 Å². The molecule has 2 aromatic carbocycles. The van der Waals surface area contributed by atoms with Gasteiger partial charge in [-0.05, 0) is 23.1 Å². The van der Waals surface area contributed by atoms with E-state index in [0.29, 0.717) is 5.88 Å². The van der Waals surface area contributed by atoms with Gasteiger partial charge in [0.05, 0.1) is 0 Å². The molecule has 1 aliphatic heterocycles. The van der Waals surface area contributed by atoms with Crippen molar-refractivity contribution in [1.82, 2.24) is 0 Å². The van der Waals surface area contributed by atoms with Crippen molar-refractivity contribution in [2.75, 3.05) is 17.7 Å². The molecule has 0 saturated carbocycles. The minimum Gasteiger partial charge on any atom is -0.872 e. The Kier molecular flexibility index (Phi) is 2.68. The molecule has 2 aromatic rings. The summed E-state index contributed by atoms with van der Waals surface area (Å²) in [6.07, 6.45) is 0. The Hall–Kier alpha value is -0.930. The van der Waals surface area contributed by atoms with Crippen molar-refractivity contribution >= 4 is 44.0 Å². The molecule has 1 unspecified atom stereocenters. The molecule has 0 aliphatic carbocycles. The number of alkyl halides is 1. The molecular weight excluding hydrogens is 302 g/mol. The van der Waals surface area contributed by atoms with Crippen LogP contribution >= 0.6 is 27.5 Å². The first kappa shape index (κ1) is 11.2. The predicted octanol–water partition coefficient (Wildman–Crippen LogP) is 3.42. The maximum Gasteiger partial charge on any atom is 0.0377 e. The molecule has 88 valence electrons. The molecule has 0 bridgehead atoms. The van der Waals surface area contributed by atoms with E-state index in [1.165, 1.54) is 5.56 Å². The van der Waals surface area contributed by atoms with Crippen molar-refractivity contribution in [1.29, 1.82) is 0 Å². The Morgan fingerprint density at radius 3 is 3.06 bits per heavy atom. The molecule has 0 spiro atoms. The van der Waals surface area contributed by atoms with E-state index in [-0.39, 0.29) is 11.7 Å². The molecule has 0 radical (unpaired) electrons. The lowest BCUT2D eigenvalue weighted by Gasteiger charge is -2.17. The summed E-state index contributed by atoms with van der Waals surface area (Å²) in [6, 6.07) is 7.40. The highest BCUT2D eigenvalue weighted by atomic mass is 79.9. The predicted molar refractivity (Wildman–Crippen MR) is 73.0 cm³/mol. The molecule has 4 heteroatoms. The standard InChI is InChI=1S/C13H11BrClNO/c14-9-3-1-2-8-11(17)4-10-12(13(8)9)7(5-15)6-16-10/h1-4,7,16-17H,5-6H2/p-1. The first-order valence-electron chi connectivity index (χ1n) is 5.44. The van der Waals surface area contributed by atoms with E-state index in [1.54, 1.807) is 6.07 Å². The molecule has 3 rings (SSSR count). The molecule has 2 nitrogen and oxygen atoms in total. The fraction of sp³-hybridized carbons (Fsp3) is 0.231. The molecule has 0 fully saturated rings. The molecule has 1 N–H and O–H groups in total. The molecule has 17 heavy (non-hydrogen) atoms. The monoisotopic (exact) mass is 310 g/mol. The van der Waals surface area contributed by atoms with Crippen molar-refractivity contribution < 1.29 is 5.11 Å². The number of hydrogen-bond donors (Lipinski definition) is 1. The van der Waals surface area contributed by atoms with Gasteiger partial charge in [-0.1, -0.05) is 33.8 Å². The fourth-order valence-electron chi connectivity index (χ4n) is 2.46. The van der Waals surface area contributed by atoms with Crippen LogP contribution < -0.4 is 10.4 Å². The van der Waals surface area contributed by atoms with E-state index in [1.807, 2.05) is 18.2 Å². The fourth-order valence-corrected chi connectivity index (χ4v) is 3.30. The van der Waals surface area contributed by atoms with Crippen molar-refractivity contribution in [3.05, 3.63) is 34.3 Å². The summed E-state index contributed by atoms with van der Waals surface area (Å²) in [5, 5.41) is 17.0. The van der Waals surface area contributed by atoms with Gasteiger partial charge in [0.2, 0.25) is 0 Å². The van der Waals surface area contributed by atoms with Crippen LogP contribution in [0.4, 0.5) is 5.69 Å². The third-order valence-electron chi connectivity index (χ3n) is 3.25. The van der Waals surface area contributed by atoms with Gasteiger partial charge < -0.3 is 10.4 Å². The Balaban J connectivity index is 2.43. The lowest BCUT2D eigenvalue weighted by molar-refractivity contribution is -0.265. The maximum absolute atomic E-state index is 12.0. The SMILES string of the molecule is [O-]c1cc2c(c3c(Br)cccc13)C(CCl)CN2. The topological polar surface area (TPSA) is 35.1 Å². The van der Waals surface area contributed by atoms with Crippen molar-refractivity contribution in [3.8, 4) is 5.75 Å². The summed E-state index contributed by atoms with van der Waals surface area (Å²) in [7, 11) is 0. The number of nitrogens with one attached hydrogen (secondary N) is 1. The van der Waals surface area contributed by atoms with Gasteiger partial charge in [0.15, 0.2) is 0 Å². The zero-order valence-electron chi connectivity index (χ0n) is 8.97. The Morgan fingerprint density at radius 2 is 2.29 bits per heavy atom. The van der Waals surface area contributed by atoms with E-state index < -0.39 is 0 Å². The number of rotatable bonds is 1. The molecule has 0 amide bonds. The second-order valence-corrected chi connectivity index (χ2v) is 5.39. The third-order valence-corrected chi connectivity index (χ3v) is 4.28. The summed E-state index contributed by atoms with van der Waals surface area (Å²) in [5.41, 5.74) is 2.10. The summed E-state index contributed by atoms with van der Waals surface area (Å²) in [4.78, 5) is 0. The lowest BCUT2D eigenvalue weighted by Crippen LogP contribution is -2.03. The van der Waals surface area contributed by atoms with Crippen LogP contribution in [0.15, 0.2) is 28.7 Å². The van der Waals surface area contributed by atoms with Crippen LogP contribution in [-0.2, 0) is 0 Å². The Morgan fingerprint density at radius 1 is 1.47 bits per heavy atom. The van der Waals surface area contributed by atoms with Crippen LogP contribution in [-0.4, -0.2) is 12.4 Å². The number of benzene rings is 2. The smallest absolute Gasteiger partial charge is 0.0377 e. The van der Waals surface area contributed by atoms with Crippen LogP contribution in [0.25, 0.3) is 10.8 Å². The highest BCUT2D eigenvalue weighted by Crippen LogP contribution is 2.43. The number of anilines is 1. The van der Waals surface area contributed by atoms with Crippen LogP contribution in [0.2, 0.25) is 0 Å². The van der Waals surface area contributed by atoms with E-state index >= 15 is 0 Å². The van der Waals surface area contributed by atoms with E-state index in [0.717, 1.165) is 27.5 Å². The zero-order valence-corrected chi connectivity index (χ0v) is 11.3. The minimum atomic E-state index is 0.0581. The van der Waals surface area contributed by atoms with Gasteiger partial charge in [-0.2, -0.15) is 0 Å². The first-order valence-corrected chi connectivity index (χ1v) is 6.77. The summed E-state index contributed by atoms with van der Waals surface area (Å²) < 4.78 is 0.961. The quantitative estimate of drug-likeness (QED) is 0.819. The average molecular weight is 312 g/mol. The summed E-state index contributed by atoms with van der Waals surface area (Å²) in [6.45, 7) is 0.804. The van der Waals surface area contributed by atoms with Gasteiger partial charge in [-0.25, -0.2) is 0 Å². The van der Waals surface area contributed by atoms with Crippen LogP contribution in [0, 0.1) is 0 Å². The highest BCUT2D eigenvalue weighted by molar-refractivity contribution is 9.10. The van der Waals surface area contributed by atoms with Gasteiger partial charge in [-0.3, -0.25) is 0 Å².